The Hall–Kier alpha value is -4.84. The van der Waals surface area contributed by atoms with E-state index < -0.39 is 18.6 Å². The van der Waals surface area contributed by atoms with Gasteiger partial charge in [-0.1, -0.05) is 55.8 Å². The lowest BCUT2D eigenvalue weighted by Gasteiger charge is -2.46. The topological polar surface area (TPSA) is 105 Å². The van der Waals surface area contributed by atoms with Crippen LogP contribution < -0.4 is 4.74 Å². The van der Waals surface area contributed by atoms with E-state index >= 15 is 0 Å². The summed E-state index contributed by atoms with van der Waals surface area (Å²) in [5, 5.41) is 10.1. The molecule has 6 aromatic rings. The summed E-state index contributed by atoms with van der Waals surface area (Å²) in [6, 6.07) is 19.9. The Balaban J connectivity index is 1.10. The summed E-state index contributed by atoms with van der Waals surface area (Å²) in [6.07, 6.45) is 1.20. The summed E-state index contributed by atoms with van der Waals surface area (Å²) >= 11 is 7.11. The zero-order valence-electron chi connectivity index (χ0n) is 29.0. The molecule has 12 heteroatoms. The highest BCUT2D eigenvalue weighted by molar-refractivity contribution is 6.36. The Kier molecular flexibility index (Phi) is 8.76. The average molecular weight is 727 g/mol. The Morgan fingerprint density at radius 3 is 2.35 bits per heavy atom. The molecule has 0 spiro atoms. The number of aliphatic carboxylic acids is 1. The van der Waals surface area contributed by atoms with Crippen LogP contribution in [0.15, 0.2) is 75.6 Å². The molecule has 8 rings (SSSR count). The summed E-state index contributed by atoms with van der Waals surface area (Å²) in [5.41, 5.74) is 7.92. The van der Waals surface area contributed by atoms with Crippen LogP contribution >= 0.6 is 11.6 Å². The molecule has 9 nitrogen and oxygen atoms in total. The monoisotopic (exact) mass is 726 g/mol. The Morgan fingerprint density at radius 2 is 1.62 bits per heavy atom. The summed E-state index contributed by atoms with van der Waals surface area (Å²) in [4.78, 5) is 25.4. The molecule has 0 amide bonds. The Labute approximate surface area is 303 Å². The first-order valence-corrected chi connectivity index (χ1v) is 17.7. The number of aromatic nitrogens is 2. The number of nitrogens with zero attached hydrogens (tertiary/aromatic N) is 4. The van der Waals surface area contributed by atoms with Gasteiger partial charge in [-0.15, -0.1) is 0 Å². The van der Waals surface area contributed by atoms with Gasteiger partial charge in [-0.3, -0.25) is 14.6 Å². The number of likely N-dealkylation sites (tertiary alicyclic amines) is 2. The smallest absolute Gasteiger partial charge is 0.387 e. The molecule has 0 saturated carbocycles. The SMILES string of the molecule is Cc1c(-c2nc3cc(CN4CCC[C@@H]4C(=O)O)c(OC(F)F)cc3o2)cccc1-c1cccc(-c2nc3ccc(CN4CC(C)(C)C4)cc3o2)c1Cl. The molecule has 2 aromatic heterocycles. The van der Waals surface area contributed by atoms with Gasteiger partial charge in [0.15, 0.2) is 11.2 Å². The fraction of sp³-hybridized carbons (Fsp3) is 0.325. The van der Waals surface area contributed by atoms with Gasteiger partial charge in [0, 0.05) is 48.9 Å². The predicted octanol–water partition coefficient (Wildman–Crippen LogP) is 9.42. The largest absolute Gasteiger partial charge is 0.480 e. The van der Waals surface area contributed by atoms with E-state index in [9.17, 15) is 18.7 Å². The second kappa shape index (κ2) is 13.3. The number of rotatable bonds is 10. The lowest BCUT2D eigenvalue weighted by molar-refractivity contribution is -0.142. The molecule has 4 heterocycles. The maximum atomic E-state index is 13.5. The molecule has 1 N–H and O–H groups in total. The zero-order valence-corrected chi connectivity index (χ0v) is 29.7. The van der Waals surface area contributed by atoms with Crippen molar-refractivity contribution in [1.29, 1.82) is 0 Å². The molecule has 0 bridgehead atoms. The highest BCUT2D eigenvalue weighted by Crippen LogP contribution is 2.41. The molecule has 268 valence electrons. The molecule has 52 heavy (non-hydrogen) atoms. The molecule has 2 fully saturated rings. The molecular weight excluding hydrogens is 690 g/mol. The number of carboxylic acid groups (broad SMARTS) is 1. The van der Waals surface area contributed by atoms with Gasteiger partial charge in [0.1, 0.15) is 22.8 Å². The molecule has 0 unspecified atom stereocenters. The number of halogens is 3. The van der Waals surface area contributed by atoms with Crippen molar-refractivity contribution in [1.82, 2.24) is 19.8 Å². The molecule has 2 aliphatic heterocycles. The molecule has 0 radical (unpaired) electrons. The highest BCUT2D eigenvalue weighted by Gasteiger charge is 2.34. The van der Waals surface area contributed by atoms with Crippen LogP contribution in [-0.4, -0.2) is 63.1 Å². The molecule has 2 saturated heterocycles. The first-order valence-electron chi connectivity index (χ1n) is 17.3. The fourth-order valence-corrected chi connectivity index (χ4v) is 8.05. The maximum absolute atomic E-state index is 13.5. The van der Waals surface area contributed by atoms with Crippen LogP contribution in [0.5, 0.6) is 5.75 Å². The van der Waals surface area contributed by atoms with E-state index in [0.717, 1.165) is 41.8 Å². The molecule has 1 atom stereocenters. The fourth-order valence-electron chi connectivity index (χ4n) is 7.74. The average Bonchev–Trinajstić information content (AvgIpc) is 3.82. The lowest BCUT2D eigenvalue weighted by Crippen LogP contribution is -2.52. The van der Waals surface area contributed by atoms with Crippen LogP contribution in [0, 0.1) is 12.3 Å². The minimum atomic E-state index is -3.07. The second-order valence-corrected chi connectivity index (χ2v) is 14.9. The van der Waals surface area contributed by atoms with Crippen LogP contribution in [-0.2, 0) is 17.9 Å². The number of oxazole rings is 2. The van der Waals surface area contributed by atoms with Crippen molar-refractivity contribution in [2.45, 2.75) is 59.4 Å². The van der Waals surface area contributed by atoms with E-state index in [1.54, 1.807) is 11.0 Å². The van der Waals surface area contributed by atoms with Crippen molar-refractivity contribution in [2.75, 3.05) is 19.6 Å². The standard InChI is InChI=1S/C40H37ClF2N4O5/c1-22-25(27-9-5-10-28(35(27)41)37-44-29-13-12-23(15-33(29)50-37)18-46-20-40(2,3)21-46)7-4-8-26(22)36-45-30-16-24(19-47-14-6-11-31(47)38(48)49)32(52-39(42)43)17-34(30)51-36/h4-5,7-10,12-13,15-17,31,39H,6,11,14,18-21H2,1-3H3,(H,48,49)/t31-/m1/s1. The lowest BCUT2D eigenvalue weighted by atomic mass is 9.84. The third-order valence-corrected chi connectivity index (χ3v) is 10.5. The van der Waals surface area contributed by atoms with E-state index in [-0.39, 0.29) is 17.9 Å². The number of carbonyl (C=O) groups is 1. The van der Waals surface area contributed by atoms with Gasteiger partial charge >= 0.3 is 12.6 Å². The summed E-state index contributed by atoms with van der Waals surface area (Å²) in [5.74, 6) is -0.295. The van der Waals surface area contributed by atoms with Crippen molar-refractivity contribution in [3.63, 3.8) is 0 Å². The van der Waals surface area contributed by atoms with Gasteiger partial charge in [-0.05, 0) is 78.7 Å². The molecule has 4 aromatic carbocycles. The van der Waals surface area contributed by atoms with Crippen molar-refractivity contribution >= 4 is 39.8 Å². The van der Waals surface area contributed by atoms with Crippen LogP contribution in [0.25, 0.3) is 56.2 Å². The van der Waals surface area contributed by atoms with Crippen LogP contribution in [0.4, 0.5) is 8.78 Å². The normalized spacial score (nSPS) is 17.7. The molecule has 0 aliphatic carbocycles. The van der Waals surface area contributed by atoms with E-state index in [4.69, 9.17) is 35.1 Å². The van der Waals surface area contributed by atoms with Gasteiger partial charge in [-0.2, -0.15) is 8.78 Å². The summed E-state index contributed by atoms with van der Waals surface area (Å²) < 4.78 is 44.2. The van der Waals surface area contributed by atoms with E-state index in [0.29, 0.717) is 69.4 Å². The minimum absolute atomic E-state index is 0.0779. The van der Waals surface area contributed by atoms with Gasteiger partial charge in [-0.25, -0.2) is 9.97 Å². The number of fused-ring (bicyclic) bond motifs is 2. The quantitative estimate of drug-likeness (QED) is 0.148. The number of alkyl halides is 2. The summed E-state index contributed by atoms with van der Waals surface area (Å²) in [6.45, 7) is 7.08. The summed E-state index contributed by atoms with van der Waals surface area (Å²) in [7, 11) is 0. The number of hydrogen-bond donors (Lipinski definition) is 1. The number of ether oxygens (including phenoxy) is 1. The third kappa shape index (κ3) is 6.53. The first-order chi connectivity index (χ1) is 24.9. The second-order valence-electron chi connectivity index (χ2n) is 14.6. The first kappa shape index (κ1) is 34.3. The van der Waals surface area contributed by atoms with Crippen molar-refractivity contribution in [3.05, 3.63) is 88.4 Å². The number of hydrogen-bond acceptors (Lipinski definition) is 8. The zero-order chi connectivity index (χ0) is 36.3. The number of benzene rings is 4. The van der Waals surface area contributed by atoms with Crippen LogP contribution in [0.2, 0.25) is 5.02 Å². The van der Waals surface area contributed by atoms with Crippen molar-refractivity contribution in [2.24, 2.45) is 5.41 Å². The van der Waals surface area contributed by atoms with Crippen molar-refractivity contribution in [3.8, 4) is 39.8 Å². The van der Waals surface area contributed by atoms with Gasteiger partial charge in [0.05, 0.1) is 10.6 Å². The maximum Gasteiger partial charge on any atom is 0.387 e. The number of carboxylic acids is 1. The predicted molar refractivity (Wildman–Crippen MR) is 194 cm³/mol. The van der Waals surface area contributed by atoms with E-state index in [2.05, 4.69) is 24.8 Å². The molecule has 2 aliphatic rings. The van der Waals surface area contributed by atoms with Crippen LogP contribution in [0.3, 0.4) is 0 Å². The van der Waals surface area contributed by atoms with Gasteiger partial charge < -0.3 is 18.7 Å². The van der Waals surface area contributed by atoms with E-state index in [1.165, 1.54) is 11.6 Å². The van der Waals surface area contributed by atoms with Gasteiger partial charge in [0.25, 0.3) is 0 Å². The van der Waals surface area contributed by atoms with Gasteiger partial charge in [0.2, 0.25) is 11.8 Å². The minimum Gasteiger partial charge on any atom is -0.480 e. The highest BCUT2D eigenvalue weighted by atomic mass is 35.5. The van der Waals surface area contributed by atoms with Crippen LogP contribution in [0.1, 0.15) is 43.4 Å². The third-order valence-electron chi connectivity index (χ3n) is 10.1. The Bertz CT molecular complexity index is 2330. The Morgan fingerprint density at radius 1 is 0.942 bits per heavy atom. The molecular formula is C40H37ClF2N4O5. The van der Waals surface area contributed by atoms with E-state index in [1.807, 2.05) is 55.5 Å². The van der Waals surface area contributed by atoms with Crippen molar-refractivity contribution < 1.29 is 32.3 Å².